The van der Waals surface area contributed by atoms with Gasteiger partial charge in [-0.3, -0.25) is 9.59 Å². The van der Waals surface area contributed by atoms with Crippen molar-refractivity contribution in [1.29, 1.82) is 0 Å². The van der Waals surface area contributed by atoms with E-state index < -0.39 is 29.8 Å². The molecule has 2 N–H and O–H groups in total. The first-order chi connectivity index (χ1) is 11.9. The van der Waals surface area contributed by atoms with Crippen LogP contribution in [0.3, 0.4) is 0 Å². The average Bonchev–Trinajstić information content (AvgIpc) is 2.60. The van der Waals surface area contributed by atoms with Crippen LogP contribution in [0.4, 0.5) is 0 Å². The van der Waals surface area contributed by atoms with Crippen LogP contribution >= 0.6 is 0 Å². The number of hydrogen-bond acceptors (Lipinski definition) is 4. The minimum Gasteiger partial charge on any atom is -0.480 e. The number of carbonyl (C=O) groups is 3. The third-order valence-corrected chi connectivity index (χ3v) is 3.92. The first kappa shape index (κ1) is 18.4. The van der Waals surface area contributed by atoms with Gasteiger partial charge in [-0.25, -0.2) is 4.79 Å². The largest absolute Gasteiger partial charge is 0.480 e. The molecule has 0 heterocycles. The summed E-state index contributed by atoms with van der Waals surface area (Å²) in [6.07, 6.45) is -0.0370. The number of carboxylic acid groups (broad SMARTS) is 1. The van der Waals surface area contributed by atoms with Gasteiger partial charge in [0.1, 0.15) is 6.04 Å². The standard InChI is InChI=1S/C19H21NO5/c1-3-25-19(24)12(2)11-16(18(22)23)20-17(21)15-10-6-8-13-7-4-5-9-14(13)15/h4-10,12,16H,3,11H2,1-2H3,(H,20,21)(H,22,23)/t12-,16+/m1/s1. The van der Waals surface area contributed by atoms with E-state index in [1.807, 2.05) is 24.3 Å². The van der Waals surface area contributed by atoms with Gasteiger partial charge in [0.15, 0.2) is 0 Å². The smallest absolute Gasteiger partial charge is 0.326 e. The molecular formula is C19H21NO5. The molecule has 0 unspecified atom stereocenters. The van der Waals surface area contributed by atoms with E-state index in [0.29, 0.717) is 5.56 Å². The molecule has 25 heavy (non-hydrogen) atoms. The Labute approximate surface area is 145 Å². The Hall–Kier alpha value is -2.89. The molecule has 132 valence electrons. The third kappa shape index (κ3) is 4.56. The highest BCUT2D eigenvalue weighted by Gasteiger charge is 2.27. The fraction of sp³-hybridized carbons (Fsp3) is 0.316. The van der Waals surface area contributed by atoms with Gasteiger partial charge in [0.05, 0.1) is 12.5 Å². The molecule has 0 spiro atoms. The summed E-state index contributed by atoms with van der Waals surface area (Å²) < 4.78 is 4.89. The first-order valence-corrected chi connectivity index (χ1v) is 8.12. The number of aliphatic carboxylic acids is 1. The maximum absolute atomic E-state index is 12.6. The summed E-state index contributed by atoms with van der Waals surface area (Å²) in [5.41, 5.74) is 0.396. The lowest BCUT2D eigenvalue weighted by Crippen LogP contribution is -2.42. The predicted molar refractivity (Wildman–Crippen MR) is 93.3 cm³/mol. The zero-order valence-corrected chi connectivity index (χ0v) is 14.2. The Morgan fingerprint density at radius 2 is 1.80 bits per heavy atom. The Bertz CT molecular complexity index is 781. The molecule has 0 saturated heterocycles. The van der Waals surface area contributed by atoms with E-state index in [9.17, 15) is 19.5 Å². The molecule has 2 rings (SSSR count). The molecule has 6 nitrogen and oxygen atoms in total. The number of carbonyl (C=O) groups excluding carboxylic acids is 2. The first-order valence-electron chi connectivity index (χ1n) is 8.12. The van der Waals surface area contributed by atoms with Crippen LogP contribution in [0.2, 0.25) is 0 Å². The molecule has 1 amide bonds. The molecule has 0 aliphatic carbocycles. The molecule has 0 saturated carbocycles. The van der Waals surface area contributed by atoms with Crippen LogP contribution in [0.15, 0.2) is 42.5 Å². The molecule has 6 heteroatoms. The van der Waals surface area contributed by atoms with Crippen LogP contribution in [-0.2, 0) is 14.3 Å². The van der Waals surface area contributed by atoms with Gasteiger partial charge < -0.3 is 15.2 Å². The molecule has 2 aromatic rings. The molecule has 2 atom stereocenters. The van der Waals surface area contributed by atoms with Gasteiger partial charge in [0, 0.05) is 5.56 Å². The molecule has 0 bridgehead atoms. The highest BCUT2D eigenvalue weighted by atomic mass is 16.5. The quantitative estimate of drug-likeness (QED) is 0.754. The molecule has 0 aliphatic rings. The number of carboxylic acids is 1. The van der Waals surface area contributed by atoms with Gasteiger partial charge in [0.2, 0.25) is 0 Å². The summed E-state index contributed by atoms with van der Waals surface area (Å²) in [5, 5.41) is 13.5. The predicted octanol–water partition coefficient (Wildman–Crippen LogP) is 2.61. The maximum Gasteiger partial charge on any atom is 0.326 e. The van der Waals surface area contributed by atoms with Crippen molar-refractivity contribution in [3.8, 4) is 0 Å². The van der Waals surface area contributed by atoms with E-state index in [0.717, 1.165) is 10.8 Å². The molecule has 0 radical (unpaired) electrons. The second-order valence-corrected chi connectivity index (χ2v) is 5.78. The van der Waals surface area contributed by atoms with Crippen LogP contribution < -0.4 is 5.32 Å². The Balaban J connectivity index is 2.17. The van der Waals surface area contributed by atoms with Gasteiger partial charge in [0.25, 0.3) is 5.91 Å². The van der Waals surface area contributed by atoms with Gasteiger partial charge in [-0.15, -0.1) is 0 Å². The lowest BCUT2D eigenvalue weighted by molar-refractivity contribution is -0.148. The normalized spacial score (nSPS) is 13.0. The lowest BCUT2D eigenvalue weighted by atomic mass is 10.0. The van der Waals surface area contributed by atoms with E-state index in [1.54, 1.807) is 32.0 Å². The van der Waals surface area contributed by atoms with Crippen molar-refractivity contribution in [1.82, 2.24) is 5.32 Å². The third-order valence-electron chi connectivity index (χ3n) is 3.92. The van der Waals surface area contributed by atoms with E-state index in [4.69, 9.17) is 4.74 Å². The number of rotatable bonds is 7. The molecule has 0 aromatic heterocycles. The molecule has 0 aliphatic heterocycles. The topological polar surface area (TPSA) is 92.7 Å². The number of ether oxygens (including phenoxy) is 1. The average molecular weight is 343 g/mol. The number of esters is 1. The van der Waals surface area contributed by atoms with Crippen LogP contribution in [0.1, 0.15) is 30.6 Å². The lowest BCUT2D eigenvalue weighted by Gasteiger charge is -2.18. The molecular weight excluding hydrogens is 322 g/mol. The number of nitrogens with one attached hydrogen (secondary N) is 1. The van der Waals surface area contributed by atoms with Crippen molar-refractivity contribution in [3.05, 3.63) is 48.0 Å². The van der Waals surface area contributed by atoms with Crippen molar-refractivity contribution < 1.29 is 24.2 Å². The Kier molecular flexibility index (Phi) is 6.11. The van der Waals surface area contributed by atoms with Crippen LogP contribution in [0.5, 0.6) is 0 Å². The zero-order chi connectivity index (χ0) is 18.4. The summed E-state index contributed by atoms with van der Waals surface area (Å²) >= 11 is 0. The van der Waals surface area contributed by atoms with Crippen LogP contribution in [0, 0.1) is 5.92 Å². The second kappa shape index (κ2) is 8.28. The van der Waals surface area contributed by atoms with Gasteiger partial charge in [-0.05, 0) is 30.2 Å². The summed E-state index contributed by atoms with van der Waals surface area (Å²) in [6.45, 7) is 3.49. The van der Waals surface area contributed by atoms with Crippen LogP contribution in [-0.4, -0.2) is 35.6 Å². The van der Waals surface area contributed by atoms with Gasteiger partial charge in [-0.1, -0.05) is 43.3 Å². The Morgan fingerprint density at radius 3 is 2.48 bits per heavy atom. The van der Waals surface area contributed by atoms with Crippen molar-refractivity contribution in [2.24, 2.45) is 5.92 Å². The number of amides is 1. The van der Waals surface area contributed by atoms with Crippen LogP contribution in [0.25, 0.3) is 10.8 Å². The summed E-state index contributed by atoms with van der Waals surface area (Å²) in [6, 6.07) is 11.5. The van der Waals surface area contributed by atoms with Gasteiger partial charge in [-0.2, -0.15) is 0 Å². The summed E-state index contributed by atoms with van der Waals surface area (Å²) in [4.78, 5) is 35.7. The summed E-state index contributed by atoms with van der Waals surface area (Å²) in [5.74, 6) is -2.79. The molecule has 0 fully saturated rings. The van der Waals surface area contributed by atoms with Crippen molar-refractivity contribution in [2.45, 2.75) is 26.3 Å². The zero-order valence-electron chi connectivity index (χ0n) is 14.2. The number of fused-ring (bicyclic) bond motifs is 1. The minimum absolute atomic E-state index is 0.0370. The number of hydrogen-bond donors (Lipinski definition) is 2. The highest BCUT2D eigenvalue weighted by molar-refractivity contribution is 6.07. The number of benzene rings is 2. The SMILES string of the molecule is CCOC(=O)[C@H](C)C[C@H](NC(=O)c1cccc2ccccc12)C(=O)O. The maximum atomic E-state index is 12.6. The van der Waals surface area contributed by atoms with E-state index in [1.165, 1.54) is 0 Å². The van der Waals surface area contributed by atoms with Gasteiger partial charge >= 0.3 is 11.9 Å². The highest BCUT2D eigenvalue weighted by Crippen LogP contribution is 2.19. The van der Waals surface area contributed by atoms with E-state index >= 15 is 0 Å². The van der Waals surface area contributed by atoms with Crippen molar-refractivity contribution in [3.63, 3.8) is 0 Å². The monoisotopic (exact) mass is 343 g/mol. The minimum atomic E-state index is -1.19. The van der Waals surface area contributed by atoms with Crippen molar-refractivity contribution in [2.75, 3.05) is 6.61 Å². The van der Waals surface area contributed by atoms with E-state index in [2.05, 4.69) is 5.32 Å². The fourth-order valence-electron chi connectivity index (χ4n) is 2.62. The summed E-state index contributed by atoms with van der Waals surface area (Å²) in [7, 11) is 0. The second-order valence-electron chi connectivity index (χ2n) is 5.78. The fourth-order valence-corrected chi connectivity index (χ4v) is 2.62. The van der Waals surface area contributed by atoms with Crippen molar-refractivity contribution >= 4 is 28.6 Å². The Morgan fingerprint density at radius 1 is 1.12 bits per heavy atom. The molecule has 2 aromatic carbocycles. The van der Waals surface area contributed by atoms with E-state index in [-0.39, 0.29) is 13.0 Å².